The summed E-state index contributed by atoms with van der Waals surface area (Å²) in [6.45, 7) is 1.77. The third-order valence-electron chi connectivity index (χ3n) is 3.56. The fraction of sp³-hybridized carbons (Fsp3) is 0.188. The lowest BCUT2D eigenvalue weighted by Gasteiger charge is -2.14. The SMILES string of the molecule is Cc1cccc(F)c1NC(=O)C1Cc2ccccc2N1. The first-order valence-corrected chi connectivity index (χ1v) is 6.55. The zero-order valence-electron chi connectivity index (χ0n) is 11.1. The summed E-state index contributed by atoms with van der Waals surface area (Å²) in [4.78, 5) is 12.2. The minimum atomic E-state index is -0.408. The number of benzene rings is 2. The quantitative estimate of drug-likeness (QED) is 0.880. The van der Waals surface area contributed by atoms with E-state index >= 15 is 0 Å². The number of hydrogen-bond donors (Lipinski definition) is 2. The van der Waals surface area contributed by atoms with Gasteiger partial charge in [-0.1, -0.05) is 30.3 Å². The molecule has 1 amide bonds. The molecule has 0 saturated carbocycles. The van der Waals surface area contributed by atoms with E-state index in [1.54, 1.807) is 19.1 Å². The Labute approximate surface area is 116 Å². The zero-order valence-corrected chi connectivity index (χ0v) is 11.1. The topological polar surface area (TPSA) is 41.1 Å². The van der Waals surface area contributed by atoms with Crippen LogP contribution in [0.3, 0.4) is 0 Å². The molecular formula is C16H15FN2O. The van der Waals surface area contributed by atoms with E-state index < -0.39 is 5.82 Å². The molecule has 20 heavy (non-hydrogen) atoms. The number of anilines is 2. The Morgan fingerprint density at radius 2 is 2.05 bits per heavy atom. The lowest BCUT2D eigenvalue weighted by molar-refractivity contribution is -0.116. The van der Waals surface area contributed by atoms with E-state index in [0.717, 1.165) is 11.3 Å². The van der Waals surface area contributed by atoms with Crippen molar-refractivity contribution in [1.82, 2.24) is 0 Å². The second-order valence-corrected chi connectivity index (χ2v) is 4.98. The Hall–Kier alpha value is -2.36. The van der Waals surface area contributed by atoms with E-state index in [2.05, 4.69) is 10.6 Å². The molecule has 0 bridgehead atoms. The van der Waals surface area contributed by atoms with E-state index in [9.17, 15) is 9.18 Å². The molecule has 3 rings (SSSR count). The average Bonchev–Trinajstić information content (AvgIpc) is 2.87. The van der Waals surface area contributed by atoms with Gasteiger partial charge in [0.2, 0.25) is 5.91 Å². The van der Waals surface area contributed by atoms with Crippen LogP contribution in [-0.2, 0) is 11.2 Å². The highest BCUT2D eigenvalue weighted by atomic mass is 19.1. The molecule has 1 unspecified atom stereocenters. The van der Waals surface area contributed by atoms with Crippen LogP contribution in [0, 0.1) is 12.7 Å². The molecule has 1 aliphatic rings. The maximum atomic E-state index is 13.7. The van der Waals surface area contributed by atoms with Gasteiger partial charge < -0.3 is 10.6 Å². The molecule has 0 aromatic heterocycles. The summed E-state index contributed by atoms with van der Waals surface area (Å²) < 4.78 is 13.7. The summed E-state index contributed by atoms with van der Waals surface area (Å²) in [6, 6.07) is 12.2. The Morgan fingerprint density at radius 1 is 1.25 bits per heavy atom. The molecule has 4 heteroatoms. The minimum absolute atomic E-state index is 0.214. The molecule has 0 spiro atoms. The van der Waals surface area contributed by atoms with Gasteiger partial charge in [-0.15, -0.1) is 0 Å². The molecule has 3 nitrogen and oxygen atoms in total. The summed E-state index contributed by atoms with van der Waals surface area (Å²) in [6.07, 6.45) is 0.621. The highest BCUT2D eigenvalue weighted by molar-refractivity contribution is 5.98. The number of carbonyl (C=O) groups excluding carboxylic acids is 1. The number of para-hydroxylation sites is 2. The van der Waals surface area contributed by atoms with Crippen molar-refractivity contribution in [2.75, 3.05) is 10.6 Å². The summed E-state index contributed by atoms with van der Waals surface area (Å²) in [7, 11) is 0. The van der Waals surface area contributed by atoms with Crippen LogP contribution in [0.4, 0.5) is 15.8 Å². The molecule has 2 N–H and O–H groups in total. The molecule has 0 fully saturated rings. The summed E-state index contributed by atoms with van der Waals surface area (Å²) in [5, 5.41) is 5.84. The third-order valence-corrected chi connectivity index (χ3v) is 3.56. The maximum Gasteiger partial charge on any atom is 0.247 e. The van der Waals surface area contributed by atoms with Crippen molar-refractivity contribution >= 4 is 17.3 Å². The highest BCUT2D eigenvalue weighted by Gasteiger charge is 2.27. The van der Waals surface area contributed by atoms with E-state index in [1.165, 1.54) is 6.07 Å². The fourth-order valence-electron chi connectivity index (χ4n) is 2.46. The van der Waals surface area contributed by atoms with Crippen molar-refractivity contribution < 1.29 is 9.18 Å². The lowest BCUT2D eigenvalue weighted by atomic mass is 10.1. The van der Waals surface area contributed by atoms with E-state index in [1.807, 2.05) is 24.3 Å². The van der Waals surface area contributed by atoms with Crippen LogP contribution in [-0.4, -0.2) is 11.9 Å². The molecular weight excluding hydrogens is 255 g/mol. The van der Waals surface area contributed by atoms with E-state index in [4.69, 9.17) is 0 Å². The largest absolute Gasteiger partial charge is 0.373 e. The number of hydrogen-bond acceptors (Lipinski definition) is 2. The Bertz CT molecular complexity index is 624. The number of halogens is 1. The first kappa shape index (κ1) is 12.7. The van der Waals surface area contributed by atoms with Gasteiger partial charge in [0.1, 0.15) is 11.9 Å². The predicted molar refractivity (Wildman–Crippen MR) is 77.3 cm³/mol. The second-order valence-electron chi connectivity index (χ2n) is 4.98. The Kier molecular flexibility index (Phi) is 3.14. The molecule has 1 atom stereocenters. The Balaban J connectivity index is 1.76. The first-order valence-electron chi connectivity index (χ1n) is 6.55. The lowest BCUT2D eigenvalue weighted by Crippen LogP contribution is -2.33. The summed E-state index contributed by atoms with van der Waals surface area (Å²) >= 11 is 0. The first-order chi connectivity index (χ1) is 9.65. The van der Waals surface area contributed by atoms with Crippen LogP contribution in [0.15, 0.2) is 42.5 Å². The number of aryl methyl sites for hydroxylation is 1. The van der Waals surface area contributed by atoms with Crippen molar-refractivity contribution in [3.8, 4) is 0 Å². The van der Waals surface area contributed by atoms with E-state index in [0.29, 0.717) is 12.0 Å². The number of fused-ring (bicyclic) bond motifs is 1. The van der Waals surface area contributed by atoms with Crippen molar-refractivity contribution in [2.45, 2.75) is 19.4 Å². The van der Waals surface area contributed by atoms with Gasteiger partial charge in [-0.25, -0.2) is 4.39 Å². The van der Waals surface area contributed by atoms with Crippen molar-refractivity contribution in [3.63, 3.8) is 0 Å². The van der Waals surface area contributed by atoms with Gasteiger partial charge in [-0.05, 0) is 30.2 Å². The average molecular weight is 270 g/mol. The number of amides is 1. The molecule has 2 aromatic carbocycles. The van der Waals surface area contributed by atoms with Crippen LogP contribution in [0.2, 0.25) is 0 Å². The van der Waals surface area contributed by atoms with Crippen molar-refractivity contribution in [3.05, 3.63) is 59.4 Å². The van der Waals surface area contributed by atoms with Crippen LogP contribution in [0.5, 0.6) is 0 Å². The van der Waals surface area contributed by atoms with Gasteiger partial charge in [-0.2, -0.15) is 0 Å². The molecule has 1 heterocycles. The van der Waals surface area contributed by atoms with Crippen LogP contribution < -0.4 is 10.6 Å². The normalized spacial score (nSPS) is 16.4. The molecule has 1 aliphatic heterocycles. The van der Waals surface area contributed by atoms with Gasteiger partial charge in [0.05, 0.1) is 5.69 Å². The van der Waals surface area contributed by atoms with Gasteiger partial charge in [-0.3, -0.25) is 4.79 Å². The van der Waals surface area contributed by atoms with Gasteiger partial charge >= 0.3 is 0 Å². The molecule has 0 aliphatic carbocycles. The van der Waals surface area contributed by atoms with Gasteiger partial charge in [0, 0.05) is 12.1 Å². The summed E-state index contributed by atoms with van der Waals surface area (Å²) in [5.41, 5.74) is 3.06. The van der Waals surface area contributed by atoms with Crippen molar-refractivity contribution in [2.24, 2.45) is 0 Å². The molecule has 0 saturated heterocycles. The molecule has 0 radical (unpaired) electrons. The summed E-state index contributed by atoms with van der Waals surface area (Å²) in [5.74, 6) is -0.622. The monoisotopic (exact) mass is 270 g/mol. The van der Waals surface area contributed by atoms with Crippen LogP contribution in [0.1, 0.15) is 11.1 Å². The van der Waals surface area contributed by atoms with Gasteiger partial charge in [0.25, 0.3) is 0 Å². The van der Waals surface area contributed by atoms with E-state index in [-0.39, 0.29) is 17.6 Å². The zero-order chi connectivity index (χ0) is 14.1. The van der Waals surface area contributed by atoms with Crippen LogP contribution in [0.25, 0.3) is 0 Å². The van der Waals surface area contributed by atoms with Crippen molar-refractivity contribution in [1.29, 1.82) is 0 Å². The number of carbonyl (C=O) groups is 1. The number of nitrogens with one attached hydrogen (secondary N) is 2. The highest BCUT2D eigenvalue weighted by Crippen LogP contribution is 2.26. The van der Waals surface area contributed by atoms with Gasteiger partial charge in [0.15, 0.2) is 0 Å². The smallest absolute Gasteiger partial charge is 0.247 e. The third kappa shape index (κ3) is 2.25. The second kappa shape index (κ2) is 4.96. The molecule has 102 valence electrons. The number of rotatable bonds is 2. The standard InChI is InChI=1S/C16H15FN2O/c1-10-5-4-7-12(17)15(10)19-16(20)14-9-11-6-2-3-8-13(11)18-14/h2-8,14,18H,9H2,1H3,(H,19,20). The fourth-order valence-corrected chi connectivity index (χ4v) is 2.46. The maximum absolute atomic E-state index is 13.7. The molecule has 2 aromatic rings. The van der Waals surface area contributed by atoms with Crippen LogP contribution >= 0.6 is 0 Å². The predicted octanol–water partition coefficient (Wildman–Crippen LogP) is 3.11. The Morgan fingerprint density at radius 3 is 2.80 bits per heavy atom. The minimum Gasteiger partial charge on any atom is -0.373 e.